The maximum Gasteiger partial charge on any atom is 0.0267 e. The van der Waals surface area contributed by atoms with E-state index in [-0.39, 0.29) is 0 Å². The summed E-state index contributed by atoms with van der Waals surface area (Å²) < 4.78 is 0. The average molecular weight is 216 g/mol. The summed E-state index contributed by atoms with van der Waals surface area (Å²) in [6.45, 7) is 7.19. The second-order valence-electron chi connectivity index (χ2n) is 5.28. The van der Waals surface area contributed by atoms with E-state index in [1.807, 2.05) is 0 Å². The van der Waals surface area contributed by atoms with Crippen molar-refractivity contribution in [2.24, 2.45) is 11.8 Å². The highest BCUT2D eigenvalue weighted by atomic mass is 15.2. The van der Waals surface area contributed by atoms with Crippen LogP contribution in [-0.4, -0.2) is 30.6 Å². The largest absolute Gasteiger partial charge is 0.315 e. The van der Waals surface area contributed by atoms with Gasteiger partial charge in [0.25, 0.3) is 0 Å². The Balaban J connectivity index is 1.72. The SMILES string of the molecule is CC1CN(Cc2ccccc2)C2CNCC12. The molecule has 0 saturated carbocycles. The minimum Gasteiger partial charge on any atom is -0.315 e. The first-order valence-corrected chi connectivity index (χ1v) is 6.33. The van der Waals surface area contributed by atoms with E-state index in [0.717, 1.165) is 24.4 Å². The van der Waals surface area contributed by atoms with Crippen LogP contribution >= 0.6 is 0 Å². The molecule has 0 radical (unpaired) electrons. The molecule has 2 aliphatic heterocycles. The molecule has 2 heteroatoms. The Labute approximate surface area is 97.6 Å². The molecule has 2 fully saturated rings. The third-order valence-electron chi connectivity index (χ3n) is 4.18. The minimum atomic E-state index is 0.773. The number of hydrogen-bond donors (Lipinski definition) is 1. The molecule has 0 amide bonds. The molecule has 3 rings (SSSR count). The molecular formula is C14H20N2. The lowest BCUT2D eigenvalue weighted by atomic mass is 9.95. The van der Waals surface area contributed by atoms with Crippen LogP contribution in [0.3, 0.4) is 0 Å². The van der Waals surface area contributed by atoms with Crippen LogP contribution in [0.5, 0.6) is 0 Å². The quantitative estimate of drug-likeness (QED) is 0.810. The Morgan fingerprint density at radius 1 is 1.25 bits per heavy atom. The Hall–Kier alpha value is -0.860. The van der Waals surface area contributed by atoms with Crippen molar-refractivity contribution in [2.45, 2.75) is 19.5 Å². The molecule has 0 aliphatic carbocycles. The fraction of sp³-hybridized carbons (Fsp3) is 0.571. The molecule has 3 atom stereocenters. The van der Waals surface area contributed by atoms with Gasteiger partial charge in [-0.25, -0.2) is 0 Å². The number of likely N-dealkylation sites (tertiary alicyclic amines) is 1. The molecular weight excluding hydrogens is 196 g/mol. The molecule has 0 aromatic heterocycles. The lowest BCUT2D eigenvalue weighted by Gasteiger charge is -2.22. The second kappa shape index (κ2) is 4.19. The van der Waals surface area contributed by atoms with Crippen molar-refractivity contribution in [1.29, 1.82) is 0 Å². The van der Waals surface area contributed by atoms with Crippen LogP contribution in [0, 0.1) is 11.8 Å². The highest BCUT2D eigenvalue weighted by Gasteiger charge is 2.41. The van der Waals surface area contributed by atoms with Crippen molar-refractivity contribution in [3.8, 4) is 0 Å². The van der Waals surface area contributed by atoms with Gasteiger partial charge in [-0.3, -0.25) is 4.90 Å². The van der Waals surface area contributed by atoms with E-state index in [2.05, 4.69) is 47.5 Å². The Morgan fingerprint density at radius 2 is 2.06 bits per heavy atom. The van der Waals surface area contributed by atoms with Gasteiger partial charge in [0, 0.05) is 25.7 Å². The molecule has 1 aromatic rings. The lowest BCUT2D eigenvalue weighted by Crippen LogP contribution is -2.33. The van der Waals surface area contributed by atoms with E-state index in [9.17, 15) is 0 Å². The molecule has 2 saturated heterocycles. The monoisotopic (exact) mass is 216 g/mol. The number of nitrogens with one attached hydrogen (secondary N) is 1. The van der Waals surface area contributed by atoms with Crippen LogP contribution in [0.1, 0.15) is 12.5 Å². The van der Waals surface area contributed by atoms with Gasteiger partial charge in [-0.15, -0.1) is 0 Å². The van der Waals surface area contributed by atoms with Gasteiger partial charge in [-0.1, -0.05) is 37.3 Å². The van der Waals surface area contributed by atoms with E-state index in [0.29, 0.717) is 0 Å². The summed E-state index contributed by atoms with van der Waals surface area (Å²) in [5, 5.41) is 3.53. The summed E-state index contributed by atoms with van der Waals surface area (Å²) in [5.41, 5.74) is 1.45. The fourth-order valence-corrected chi connectivity index (χ4v) is 3.31. The van der Waals surface area contributed by atoms with Gasteiger partial charge in [0.15, 0.2) is 0 Å². The van der Waals surface area contributed by atoms with Gasteiger partial charge in [0.2, 0.25) is 0 Å². The predicted molar refractivity (Wildman–Crippen MR) is 66.2 cm³/mol. The zero-order chi connectivity index (χ0) is 11.0. The van der Waals surface area contributed by atoms with Crippen molar-refractivity contribution in [1.82, 2.24) is 10.2 Å². The fourth-order valence-electron chi connectivity index (χ4n) is 3.31. The van der Waals surface area contributed by atoms with E-state index >= 15 is 0 Å². The van der Waals surface area contributed by atoms with Gasteiger partial charge in [0.1, 0.15) is 0 Å². The number of hydrogen-bond acceptors (Lipinski definition) is 2. The molecule has 2 aliphatic rings. The average Bonchev–Trinajstić information content (AvgIpc) is 2.87. The standard InChI is InChI=1S/C14H20N2/c1-11-9-16(14-8-15-7-13(11)14)10-12-5-3-2-4-6-12/h2-6,11,13-15H,7-10H2,1H3. The predicted octanol–water partition coefficient (Wildman–Crippen LogP) is 1.73. The zero-order valence-corrected chi connectivity index (χ0v) is 9.89. The Bertz CT molecular complexity index is 349. The first-order chi connectivity index (χ1) is 7.84. The molecule has 0 bridgehead atoms. The summed E-state index contributed by atoms with van der Waals surface area (Å²) in [4.78, 5) is 2.66. The first-order valence-electron chi connectivity index (χ1n) is 6.33. The van der Waals surface area contributed by atoms with Crippen molar-refractivity contribution in [3.63, 3.8) is 0 Å². The van der Waals surface area contributed by atoms with Crippen molar-refractivity contribution in [2.75, 3.05) is 19.6 Å². The van der Waals surface area contributed by atoms with Crippen molar-refractivity contribution in [3.05, 3.63) is 35.9 Å². The molecule has 2 nitrogen and oxygen atoms in total. The minimum absolute atomic E-state index is 0.773. The van der Waals surface area contributed by atoms with Gasteiger partial charge in [-0.2, -0.15) is 0 Å². The van der Waals surface area contributed by atoms with Crippen LogP contribution in [0.25, 0.3) is 0 Å². The van der Waals surface area contributed by atoms with Gasteiger partial charge >= 0.3 is 0 Å². The summed E-state index contributed by atoms with van der Waals surface area (Å²) >= 11 is 0. The summed E-state index contributed by atoms with van der Waals surface area (Å²) in [6, 6.07) is 11.6. The topological polar surface area (TPSA) is 15.3 Å². The van der Waals surface area contributed by atoms with Crippen molar-refractivity contribution >= 4 is 0 Å². The number of rotatable bonds is 2. The molecule has 1 N–H and O–H groups in total. The highest BCUT2D eigenvalue weighted by Crippen LogP contribution is 2.32. The normalized spacial score (nSPS) is 34.2. The maximum atomic E-state index is 3.53. The third kappa shape index (κ3) is 1.76. The highest BCUT2D eigenvalue weighted by molar-refractivity contribution is 5.15. The van der Waals surface area contributed by atoms with E-state index in [4.69, 9.17) is 0 Å². The smallest absolute Gasteiger partial charge is 0.0267 e. The Kier molecular flexibility index (Phi) is 2.70. The van der Waals surface area contributed by atoms with Crippen LogP contribution in [-0.2, 0) is 6.54 Å². The molecule has 0 spiro atoms. The second-order valence-corrected chi connectivity index (χ2v) is 5.28. The number of benzene rings is 1. The molecule has 86 valence electrons. The zero-order valence-electron chi connectivity index (χ0n) is 9.89. The van der Waals surface area contributed by atoms with Crippen molar-refractivity contribution < 1.29 is 0 Å². The van der Waals surface area contributed by atoms with Crippen LogP contribution in [0.15, 0.2) is 30.3 Å². The summed E-state index contributed by atoms with van der Waals surface area (Å²) in [6.07, 6.45) is 0. The lowest BCUT2D eigenvalue weighted by molar-refractivity contribution is 0.243. The molecule has 1 aromatic carbocycles. The maximum absolute atomic E-state index is 3.53. The van der Waals surface area contributed by atoms with E-state index in [1.54, 1.807) is 0 Å². The summed E-state index contributed by atoms with van der Waals surface area (Å²) in [5.74, 6) is 1.73. The van der Waals surface area contributed by atoms with Gasteiger partial charge < -0.3 is 5.32 Å². The first kappa shape index (κ1) is 10.3. The van der Waals surface area contributed by atoms with E-state index in [1.165, 1.54) is 25.2 Å². The molecule has 3 unspecified atom stereocenters. The van der Waals surface area contributed by atoms with Crippen LogP contribution in [0.2, 0.25) is 0 Å². The number of nitrogens with zero attached hydrogens (tertiary/aromatic N) is 1. The molecule has 2 heterocycles. The van der Waals surface area contributed by atoms with E-state index < -0.39 is 0 Å². The Morgan fingerprint density at radius 3 is 2.88 bits per heavy atom. The third-order valence-corrected chi connectivity index (χ3v) is 4.18. The van der Waals surface area contributed by atoms with Gasteiger partial charge in [-0.05, 0) is 23.9 Å². The summed E-state index contributed by atoms with van der Waals surface area (Å²) in [7, 11) is 0. The number of fused-ring (bicyclic) bond motifs is 1. The van der Waals surface area contributed by atoms with Gasteiger partial charge in [0.05, 0.1) is 0 Å². The van der Waals surface area contributed by atoms with Crippen LogP contribution in [0.4, 0.5) is 0 Å². The molecule has 16 heavy (non-hydrogen) atoms. The van der Waals surface area contributed by atoms with Crippen LogP contribution < -0.4 is 5.32 Å².